The van der Waals surface area contributed by atoms with Gasteiger partial charge in [0, 0.05) is 17.4 Å². The summed E-state index contributed by atoms with van der Waals surface area (Å²) in [6, 6.07) is 4.56. The van der Waals surface area contributed by atoms with Gasteiger partial charge in [-0.2, -0.15) is 13.2 Å². The predicted molar refractivity (Wildman–Crippen MR) is 188 cm³/mol. The fourth-order valence-electron chi connectivity index (χ4n) is 8.36. The van der Waals surface area contributed by atoms with Gasteiger partial charge >= 0.3 is 12.1 Å². The standard InChI is InChI=1S/C40H54F3N3O4/c1-27(11-8-12-28(2)14-10-16-34-38(6)23-22-35(47)37(4,5)33(38)21-24-39(34,7)49)13-9-15-29(3)36(48)50-26-31-25-46(45-44-31)32-19-17-30(18-20-32)40(41,42)43/h11,14-15,17-20,25,33-34,49H,8-10,12-13,16,21-24,26H2,1-7H3/b27-11+,28-14+,29-15+/t33-,34-,38+,39-/m1/s1. The molecular formula is C40H54F3N3O4. The van der Waals surface area contributed by atoms with Gasteiger partial charge in [0.2, 0.25) is 0 Å². The molecule has 4 atom stereocenters. The number of fused-ring (bicyclic) bond motifs is 1. The molecule has 1 aromatic carbocycles. The summed E-state index contributed by atoms with van der Waals surface area (Å²) in [5, 5.41) is 19.3. The Morgan fingerprint density at radius 3 is 2.24 bits per heavy atom. The molecule has 0 bridgehead atoms. The minimum atomic E-state index is -4.42. The van der Waals surface area contributed by atoms with Gasteiger partial charge in [-0.15, -0.1) is 5.10 Å². The lowest BCUT2D eigenvalue weighted by atomic mass is 9.45. The van der Waals surface area contributed by atoms with E-state index in [4.69, 9.17) is 4.74 Å². The van der Waals surface area contributed by atoms with Gasteiger partial charge in [0.25, 0.3) is 0 Å². The maximum atomic E-state index is 12.8. The van der Waals surface area contributed by atoms with Crippen molar-refractivity contribution in [3.63, 3.8) is 0 Å². The number of hydrogen-bond donors (Lipinski definition) is 1. The third kappa shape index (κ3) is 9.42. The molecule has 1 N–H and O–H groups in total. The van der Waals surface area contributed by atoms with E-state index in [1.54, 1.807) is 6.92 Å². The van der Waals surface area contributed by atoms with Crippen LogP contribution in [0.4, 0.5) is 13.2 Å². The lowest BCUT2D eigenvalue weighted by Gasteiger charge is -2.60. The van der Waals surface area contributed by atoms with Crippen LogP contribution < -0.4 is 0 Å². The van der Waals surface area contributed by atoms with E-state index < -0.39 is 23.3 Å². The number of rotatable bonds is 13. The molecule has 0 aliphatic heterocycles. The average molecular weight is 698 g/mol. The van der Waals surface area contributed by atoms with Gasteiger partial charge in [-0.1, -0.05) is 55.4 Å². The van der Waals surface area contributed by atoms with Gasteiger partial charge in [0.05, 0.1) is 23.0 Å². The third-order valence-corrected chi connectivity index (χ3v) is 11.4. The molecule has 2 fully saturated rings. The van der Waals surface area contributed by atoms with Crippen LogP contribution in [0.25, 0.3) is 5.69 Å². The van der Waals surface area contributed by atoms with E-state index in [1.165, 1.54) is 34.2 Å². The van der Waals surface area contributed by atoms with Gasteiger partial charge in [-0.05, 0) is 127 Å². The van der Waals surface area contributed by atoms with Crippen LogP contribution in [0.5, 0.6) is 0 Å². The van der Waals surface area contributed by atoms with Crippen molar-refractivity contribution in [1.29, 1.82) is 0 Å². The van der Waals surface area contributed by atoms with Crippen LogP contribution in [-0.4, -0.2) is 37.5 Å². The maximum Gasteiger partial charge on any atom is 0.416 e. The number of carbonyl (C=O) groups excluding carboxylic acids is 2. The van der Waals surface area contributed by atoms with E-state index in [9.17, 15) is 27.9 Å². The summed E-state index contributed by atoms with van der Waals surface area (Å²) in [4.78, 5) is 25.3. The van der Waals surface area contributed by atoms with Crippen LogP contribution in [-0.2, 0) is 27.1 Å². The highest BCUT2D eigenvalue weighted by molar-refractivity contribution is 5.87. The number of aliphatic hydroxyl groups is 1. The number of allylic oxidation sites excluding steroid dienone is 5. The first-order valence-corrected chi connectivity index (χ1v) is 17.8. The Morgan fingerprint density at radius 1 is 0.980 bits per heavy atom. The second-order valence-electron chi connectivity index (χ2n) is 15.6. The van der Waals surface area contributed by atoms with Crippen LogP contribution in [0.15, 0.2) is 65.4 Å². The molecule has 2 aromatic rings. The number of aromatic nitrogens is 3. The number of alkyl halides is 3. The fraction of sp³-hybridized carbons (Fsp3) is 0.600. The Kier molecular flexibility index (Phi) is 12.4. The van der Waals surface area contributed by atoms with Crippen LogP contribution in [0.1, 0.15) is 124 Å². The number of halogens is 3. The summed E-state index contributed by atoms with van der Waals surface area (Å²) < 4.78 is 45.1. The van der Waals surface area contributed by atoms with E-state index in [2.05, 4.69) is 57.1 Å². The zero-order chi connectivity index (χ0) is 36.9. The first-order valence-electron chi connectivity index (χ1n) is 17.8. The predicted octanol–water partition coefficient (Wildman–Crippen LogP) is 9.68. The molecule has 50 heavy (non-hydrogen) atoms. The smallest absolute Gasteiger partial charge is 0.416 e. The first kappa shape index (κ1) is 39.3. The number of Topliss-reactive ketones (excluding diaryl/α,β-unsaturated/α-hetero) is 1. The largest absolute Gasteiger partial charge is 0.456 e. The number of carbonyl (C=O) groups is 2. The molecule has 7 nitrogen and oxygen atoms in total. The minimum absolute atomic E-state index is 0.0350. The molecule has 0 radical (unpaired) electrons. The Hall–Kier alpha value is -3.53. The lowest BCUT2D eigenvalue weighted by molar-refractivity contribution is -0.177. The second-order valence-corrected chi connectivity index (χ2v) is 15.6. The summed E-state index contributed by atoms with van der Waals surface area (Å²) in [6.07, 6.45) is 11.9. The number of ether oxygens (including phenoxy) is 1. The van der Waals surface area contributed by atoms with Crippen molar-refractivity contribution in [1.82, 2.24) is 15.0 Å². The highest BCUT2D eigenvalue weighted by atomic mass is 19.4. The van der Waals surface area contributed by atoms with E-state index >= 15 is 0 Å². The highest BCUT2D eigenvalue weighted by Crippen LogP contribution is 2.62. The highest BCUT2D eigenvalue weighted by Gasteiger charge is 2.59. The number of esters is 1. The van der Waals surface area contributed by atoms with Crippen molar-refractivity contribution in [2.45, 2.75) is 131 Å². The van der Waals surface area contributed by atoms with E-state index in [-0.39, 0.29) is 23.4 Å². The summed E-state index contributed by atoms with van der Waals surface area (Å²) in [6.45, 7) is 14.4. The molecule has 10 heteroatoms. The molecule has 2 aliphatic carbocycles. The van der Waals surface area contributed by atoms with Gasteiger partial charge in [0.1, 0.15) is 18.1 Å². The zero-order valence-corrected chi connectivity index (χ0v) is 30.7. The van der Waals surface area contributed by atoms with Crippen LogP contribution >= 0.6 is 0 Å². The Morgan fingerprint density at radius 2 is 1.60 bits per heavy atom. The topological polar surface area (TPSA) is 94.3 Å². The summed E-state index contributed by atoms with van der Waals surface area (Å²) in [5.41, 5.74) is 2.05. The molecule has 1 heterocycles. The van der Waals surface area contributed by atoms with Crippen molar-refractivity contribution >= 4 is 11.8 Å². The Labute approximate surface area is 295 Å². The number of hydrogen-bond acceptors (Lipinski definition) is 6. The van der Waals surface area contributed by atoms with Crippen molar-refractivity contribution in [3.05, 3.63) is 76.7 Å². The molecule has 4 rings (SSSR count). The summed E-state index contributed by atoms with van der Waals surface area (Å²) in [7, 11) is 0. The summed E-state index contributed by atoms with van der Waals surface area (Å²) in [5.74, 6) is 0.379. The number of nitrogens with zero attached hydrogens (tertiary/aromatic N) is 3. The van der Waals surface area contributed by atoms with Crippen molar-refractivity contribution in [2.75, 3.05) is 0 Å². The third-order valence-electron chi connectivity index (χ3n) is 11.4. The lowest BCUT2D eigenvalue weighted by Crippen LogP contribution is -2.59. The molecule has 274 valence electrons. The maximum absolute atomic E-state index is 12.8. The zero-order valence-electron chi connectivity index (χ0n) is 30.7. The van der Waals surface area contributed by atoms with Gasteiger partial charge in [0.15, 0.2) is 0 Å². The molecule has 1 aromatic heterocycles. The normalized spacial score (nSPS) is 26.1. The van der Waals surface area contributed by atoms with Crippen LogP contribution in [0.2, 0.25) is 0 Å². The molecule has 2 saturated carbocycles. The minimum Gasteiger partial charge on any atom is -0.456 e. The van der Waals surface area contributed by atoms with E-state index in [1.807, 2.05) is 13.0 Å². The Bertz CT molecular complexity index is 1600. The van der Waals surface area contributed by atoms with Crippen LogP contribution in [0, 0.1) is 22.7 Å². The van der Waals surface area contributed by atoms with E-state index in [0.717, 1.165) is 63.5 Å². The van der Waals surface area contributed by atoms with Crippen molar-refractivity contribution in [3.8, 4) is 5.69 Å². The van der Waals surface area contributed by atoms with Gasteiger partial charge in [-0.3, -0.25) is 4.79 Å². The molecule has 0 amide bonds. The fourth-order valence-corrected chi connectivity index (χ4v) is 8.36. The molecule has 0 unspecified atom stereocenters. The number of ketones is 1. The average Bonchev–Trinajstić information content (AvgIpc) is 3.52. The van der Waals surface area contributed by atoms with Crippen molar-refractivity contribution in [2.24, 2.45) is 22.7 Å². The Balaban J connectivity index is 1.18. The first-order chi connectivity index (χ1) is 23.3. The second kappa shape index (κ2) is 15.8. The van der Waals surface area contributed by atoms with Crippen molar-refractivity contribution < 1.29 is 32.6 Å². The van der Waals surface area contributed by atoms with Crippen LogP contribution in [0.3, 0.4) is 0 Å². The van der Waals surface area contributed by atoms with Gasteiger partial charge < -0.3 is 9.84 Å². The van der Waals surface area contributed by atoms with E-state index in [0.29, 0.717) is 41.5 Å². The number of benzene rings is 1. The van der Waals surface area contributed by atoms with Gasteiger partial charge in [-0.25, -0.2) is 9.48 Å². The monoisotopic (exact) mass is 697 g/mol. The molecule has 0 saturated heterocycles. The quantitative estimate of drug-likeness (QED) is 0.127. The molecule has 0 spiro atoms. The molecular weight excluding hydrogens is 643 g/mol. The molecule has 2 aliphatic rings. The summed E-state index contributed by atoms with van der Waals surface area (Å²) >= 11 is 0. The SMILES string of the molecule is C/C(=C\CC/C(C)=C/CC[C@@H]1[C@@]2(C)CCC(=O)C(C)(C)[C@H]2CC[C@@]1(C)O)CC/C=C(\C)C(=O)OCc1cn(-c2ccc(C(F)(F)F)cc2)nn1.